The lowest BCUT2D eigenvalue weighted by atomic mass is 9.97. The van der Waals surface area contributed by atoms with E-state index in [0.29, 0.717) is 5.92 Å². The van der Waals surface area contributed by atoms with Crippen molar-refractivity contribution < 1.29 is 0 Å². The van der Waals surface area contributed by atoms with Crippen molar-refractivity contribution in [2.45, 2.75) is 44.6 Å². The molecule has 1 aromatic carbocycles. The molecule has 2 bridgehead atoms. The molecule has 0 aliphatic heterocycles. The maximum atomic E-state index is 5.75. The number of nitrogen functional groups attached to an aromatic ring is 1. The molecule has 3 saturated carbocycles. The van der Waals surface area contributed by atoms with Gasteiger partial charge in [-0.25, -0.2) is 0 Å². The van der Waals surface area contributed by atoms with Crippen molar-refractivity contribution in [2.75, 3.05) is 12.3 Å². The van der Waals surface area contributed by atoms with E-state index in [1.54, 1.807) is 6.42 Å². The smallest absolute Gasteiger partial charge is 0.0314 e. The predicted molar refractivity (Wildman–Crippen MR) is 83.5 cm³/mol. The Labute approximate surface area is 122 Å². The normalized spacial score (nSPS) is 38.8. The topological polar surface area (TPSA) is 38.0 Å². The van der Waals surface area contributed by atoms with Crippen LogP contribution in [0.2, 0.25) is 0 Å². The first-order valence-electron chi connectivity index (χ1n) is 8.33. The van der Waals surface area contributed by atoms with Crippen LogP contribution < -0.4 is 11.1 Å². The van der Waals surface area contributed by atoms with Gasteiger partial charge in [-0.15, -0.1) is 0 Å². The highest BCUT2D eigenvalue weighted by Crippen LogP contribution is 2.65. The highest BCUT2D eigenvalue weighted by atomic mass is 15.0. The molecule has 5 unspecified atom stereocenters. The predicted octanol–water partition coefficient (Wildman–Crippen LogP) is 3.40. The Morgan fingerprint density at radius 2 is 1.80 bits per heavy atom. The zero-order valence-electron chi connectivity index (χ0n) is 12.4. The minimum absolute atomic E-state index is 0.624. The van der Waals surface area contributed by atoms with Gasteiger partial charge in [-0.1, -0.05) is 19.1 Å². The van der Waals surface area contributed by atoms with E-state index in [1.807, 2.05) is 12.1 Å². The summed E-state index contributed by atoms with van der Waals surface area (Å²) in [6.45, 7) is 3.49. The van der Waals surface area contributed by atoms with Crippen molar-refractivity contribution in [1.29, 1.82) is 0 Å². The molecule has 2 nitrogen and oxygen atoms in total. The quantitative estimate of drug-likeness (QED) is 0.805. The second kappa shape index (κ2) is 4.77. The number of anilines is 1. The average molecular weight is 270 g/mol. The Morgan fingerprint density at radius 1 is 1.15 bits per heavy atom. The third kappa shape index (κ3) is 2.05. The van der Waals surface area contributed by atoms with E-state index >= 15 is 0 Å². The van der Waals surface area contributed by atoms with Crippen LogP contribution in [0.25, 0.3) is 0 Å². The first kappa shape index (κ1) is 12.7. The van der Waals surface area contributed by atoms with Gasteiger partial charge in [0.15, 0.2) is 0 Å². The minimum Gasteiger partial charge on any atom is -0.399 e. The van der Waals surface area contributed by atoms with Crippen LogP contribution in [-0.2, 0) is 0 Å². The highest BCUT2D eigenvalue weighted by Gasteiger charge is 2.64. The summed E-state index contributed by atoms with van der Waals surface area (Å²) < 4.78 is 0. The zero-order valence-corrected chi connectivity index (χ0v) is 12.4. The summed E-state index contributed by atoms with van der Waals surface area (Å²) in [5.41, 5.74) is 8.02. The molecule has 5 atom stereocenters. The molecule has 3 aliphatic carbocycles. The molecule has 3 aliphatic rings. The van der Waals surface area contributed by atoms with Crippen molar-refractivity contribution in [1.82, 2.24) is 5.32 Å². The summed E-state index contributed by atoms with van der Waals surface area (Å²) in [6.07, 6.45) is 5.82. The van der Waals surface area contributed by atoms with Gasteiger partial charge in [0.1, 0.15) is 0 Å². The fourth-order valence-corrected chi connectivity index (χ4v) is 5.06. The van der Waals surface area contributed by atoms with Crippen LogP contribution >= 0.6 is 0 Å². The first-order chi connectivity index (χ1) is 9.74. The highest BCUT2D eigenvalue weighted by molar-refractivity contribution is 5.40. The van der Waals surface area contributed by atoms with Gasteiger partial charge in [-0.3, -0.25) is 0 Å². The number of benzene rings is 1. The number of nitrogens with two attached hydrogens (primary N) is 1. The Morgan fingerprint density at radius 3 is 2.45 bits per heavy atom. The maximum absolute atomic E-state index is 5.75. The maximum Gasteiger partial charge on any atom is 0.0314 e. The van der Waals surface area contributed by atoms with Gasteiger partial charge in [0, 0.05) is 11.7 Å². The van der Waals surface area contributed by atoms with Crippen LogP contribution in [0.5, 0.6) is 0 Å². The minimum atomic E-state index is 0.624. The lowest BCUT2D eigenvalue weighted by molar-refractivity contribution is 0.454. The molecule has 108 valence electrons. The molecule has 0 spiro atoms. The number of hydrogen-bond donors (Lipinski definition) is 2. The Balaban J connectivity index is 1.25. The van der Waals surface area contributed by atoms with E-state index in [2.05, 4.69) is 24.4 Å². The average Bonchev–Trinajstić information content (AvgIpc) is 2.84. The van der Waals surface area contributed by atoms with E-state index in [1.165, 1.54) is 31.4 Å². The van der Waals surface area contributed by atoms with Crippen LogP contribution in [0.1, 0.15) is 44.1 Å². The van der Waals surface area contributed by atoms with Crippen LogP contribution in [0, 0.1) is 23.7 Å². The number of nitrogens with one attached hydrogen (secondary N) is 1. The molecule has 0 saturated heterocycles. The summed E-state index contributed by atoms with van der Waals surface area (Å²) in [5.74, 6) is 4.90. The van der Waals surface area contributed by atoms with Gasteiger partial charge >= 0.3 is 0 Å². The Bertz CT molecular complexity index is 465. The van der Waals surface area contributed by atoms with E-state index in [4.69, 9.17) is 5.73 Å². The van der Waals surface area contributed by atoms with Gasteiger partial charge in [0.2, 0.25) is 0 Å². The Kier molecular flexibility index (Phi) is 3.03. The molecule has 20 heavy (non-hydrogen) atoms. The monoisotopic (exact) mass is 270 g/mol. The molecule has 0 radical (unpaired) electrons. The number of rotatable bonds is 5. The lowest BCUT2D eigenvalue weighted by Gasteiger charge is -2.14. The standard InChI is InChI=1S/C18H26N2/c1-11(12-4-6-15(19)7-5-12)8-9-20-18-16-13-2-3-14(10-13)17(16)18/h4-7,11,13-14,16-18,20H,2-3,8-10,19H2,1H3. The van der Waals surface area contributed by atoms with Gasteiger partial charge in [0.25, 0.3) is 0 Å². The second-order valence-corrected chi connectivity index (χ2v) is 7.32. The largest absolute Gasteiger partial charge is 0.399 e. The molecule has 3 fully saturated rings. The molecule has 3 N–H and O–H groups in total. The zero-order chi connectivity index (χ0) is 13.7. The summed E-state index contributed by atoms with van der Waals surface area (Å²) in [5, 5.41) is 3.85. The van der Waals surface area contributed by atoms with Crippen LogP contribution in [-0.4, -0.2) is 12.6 Å². The third-order valence-electron chi connectivity index (χ3n) is 6.20. The van der Waals surface area contributed by atoms with Gasteiger partial charge < -0.3 is 11.1 Å². The number of hydrogen-bond acceptors (Lipinski definition) is 2. The van der Waals surface area contributed by atoms with Gasteiger partial charge in [-0.05, 0) is 79.5 Å². The van der Waals surface area contributed by atoms with Crippen molar-refractivity contribution in [3.8, 4) is 0 Å². The third-order valence-corrected chi connectivity index (χ3v) is 6.20. The van der Waals surface area contributed by atoms with E-state index in [0.717, 1.165) is 35.4 Å². The summed E-state index contributed by atoms with van der Waals surface area (Å²) in [6, 6.07) is 9.25. The van der Waals surface area contributed by atoms with E-state index in [9.17, 15) is 0 Å². The van der Waals surface area contributed by atoms with Crippen LogP contribution in [0.4, 0.5) is 5.69 Å². The first-order valence-corrected chi connectivity index (χ1v) is 8.33. The van der Waals surface area contributed by atoms with E-state index in [-0.39, 0.29) is 0 Å². The molecule has 2 heteroatoms. The van der Waals surface area contributed by atoms with Gasteiger partial charge in [-0.2, -0.15) is 0 Å². The summed E-state index contributed by atoms with van der Waals surface area (Å²) in [4.78, 5) is 0. The molecule has 0 heterocycles. The molecular formula is C18H26N2. The molecule has 0 aromatic heterocycles. The van der Waals surface area contributed by atoms with Crippen molar-refractivity contribution >= 4 is 5.69 Å². The van der Waals surface area contributed by atoms with E-state index < -0.39 is 0 Å². The van der Waals surface area contributed by atoms with Crippen LogP contribution in [0.15, 0.2) is 24.3 Å². The molecule has 0 amide bonds. The van der Waals surface area contributed by atoms with Gasteiger partial charge in [0.05, 0.1) is 0 Å². The molecule has 4 rings (SSSR count). The number of fused-ring (bicyclic) bond motifs is 5. The van der Waals surface area contributed by atoms with Crippen molar-refractivity contribution in [3.63, 3.8) is 0 Å². The molecular weight excluding hydrogens is 244 g/mol. The summed E-state index contributed by atoms with van der Waals surface area (Å²) >= 11 is 0. The van der Waals surface area contributed by atoms with Crippen molar-refractivity contribution in [2.24, 2.45) is 23.7 Å². The van der Waals surface area contributed by atoms with Crippen molar-refractivity contribution in [3.05, 3.63) is 29.8 Å². The lowest BCUT2D eigenvalue weighted by Crippen LogP contribution is -2.24. The Hall–Kier alpha value is -1.02. The summed E-state index contributed by atoms with van der Waals surface area (Å²) in [7, 11) is 0. The SMILES string of the molecule is CC(CCNC1C2C3CCC(C3)C12)c1ccc(N)cc1. The van der Waals surface area contributed by atoms with Crippen LogP contribution in [0.3, 0.4) is 0 Å². The second-order valence-electron chi connectivity index (χ2n) is 7.32. The fraction of sp³-hybridized carbons (Fsp3) is 0.667. The fourth-order valence-electron chi connectivity index (χ4n) is 5.06. The molecule has 1 aromatic rings.